The van der Waals surface area contributed by atoms with Crippen molar-refractivity contribution in [2.45, 2.75) is 63.2 Å². The van der Waals surface area contributed by atoms with Crippen LogP contribution in [0.4, 0.5) is 10.3 Å². The van der Waals surface area contributed by atoms with E-state index in [1.54, 1.807) is 22.7 Å². The van der Waals surface area contributed by atoms with Crippen molar-refractivity contribution >= 4 is 32.9 Å². The van der Waals surface area contributed by atoms with E-state index < -0.39 is 0 Å². The summed E-state index contributed by atoms with van der Waals surface area (Å²) in [6.45, 7) is 6.37. The molecular formula is C39H45N9S2. The molecule has 7 rings (SSSR count). The molecule has 0 atom stereocenters. The van der Waals surface area contributed by atoms with Crippen molar-refractivity contribution in [2.75, 3.05) is 23.7 Å². The van der Waals surface area contributed by atoms with E-state index in [1.807, 2.05) is 43.0 Å². The van der Waals surface area contributed by atoms with Crippen LogP contribution in [0.1, 0.15) is 75.1 Å². The largest absolute Gasteiger partial charge is 0.364 e. The zero-order valence-electron chi connectivity index (χ0n) is 28.6. The van der Waals surface area contributed by atoms with Crippen LogP contribution in [0.15, 0.2) is 102 Å². The summed E-state index contributed by atoms with van der Waals surface area (Å²) < 4.78 is 0. The summed E-state index contributed by atoms with van der Waals surface area (Å²) in [5.74, 6) is 0. The Morgan fingerprint density at radius 1 is 0.500 bits per heavy atom. The number of pyridine rings is 1. The number of H-pyrrole nitrogens is 4. The molecule has 0 aliphatic heterocycles. The molecule has 7 aromatic rings. The van der Waals surface area contributed by atoms with Crippen molar-refractivity contribution in [1.29, 1.82) is 0 Å². The molecule has 0 bridgehead atoms. The lowest BCUT2D eigenvalue weighted by Crippen LogP contribution is -2.25. The van der Waals surface area contributed by atoms with Gasteiger partial charge in [-0.05, 0) is 100 Å². The zero-order chi connectivity index (χ0) is 34.2. The molecule has 11 heteroatoms. The number of nitrogens with one attached hydrogen (secondary N) is 6. The first-order valence-electron chi connectivity index (χ1n) is 17.4. The van der Waals surface area contributed by atoms with Crippen molar-refractivity contribution < 1.29 is 0 Å². The summed E-state index contributed by atoms with van der Waals surface area (Å²) >= 11 is 3.25. The summed E-state index contributed by atoms with van der Waals surface area (Å²) in [6, 6.07) is 23.1. The minimum absolute atomic E-state index is 0.0687. The quantitative estimate of drug-likeness (QED) is 0.0497. The Hall–Kier alpha value is -4.87. The molecule has 0 radical (unpaired) electrons. The van der Waals surface area contributed by atoms with Gasteiger partial charge in [0.1, 0.15) is 11.4 Å². The number of thiazole rings is 2. The smallest absolute Gasteiger partial charge is 0.183 e. The molecule has 0 amide bonds. The minimum atomic E-state index is -0.0687. The van der Waals surface area contributed by atoms with Crippen molar-refractivity contribution in [3.63, 3.8) is 0 Å². The summed E-state index contributed by atoms with van der Waals surface area (Å²) in [5, 5.41) is 13.1. The second-order valence-corrected chi connectivity index (χ2v) is 15.0. The third-order valence-corrected chi connectivity index (χ3v) is 11.4. The maximum absolute atomic E-state index is 4.93. The summed E-state index contributed by atoms with van der Waals surface area (Å²) in [6.07, 6.45) is 14.4. The van der Waals surface area contributed by atoms with Crippen LogP contribution in [0.5, 0.6) is 0 Å². The number of rotatable bonds is 18. The monoisotopic (exact) mass is 703 g/mol. The lowest BCUT2D eigenvalue weighted by atomic mass is 9.79. The Morgan fingerprint density at radius 3 is 1.26 bits per heavy atom. The zero-order valence-corrected chi connectivity index (χ0v) is 30.3. The van der Waals surface area contributed by atoms with Gasteiger partial charge >= 0.3 is 0 Å². The van der Waals surface area contributed by atoms with Gasteiger partial charge in [-0.3, -0.25) is 0 Å². The number of aromatic nitrogens is 7. The molecule has 0 unspecified atom stereocenters. The Morgan fingerprint density at radius 2 is 0.900 bits per heavy atom. The Balaban J connectivity index is 0.879. The first-order chi connectivity index (χ1) is 24.5. The number of hydrogen-bond acceptors (Lipinski definition) is 7. The van der Waals surface area contributed by atoms with Gasteiger partial charge in [0.15, 0.2) is 10.3 Å². The highest BCUT2D eigenvalue weighted by Gasteiger charge is 2.31. The average molecular weight is 704 g/mol. The highest BCUT2D eigenvalue weighted by molar-refractivity contribution is 7.14. The van der Waals surface area contributed by atoms with Gasteiger partial charge < -0.3 is 30.6 Å². The fourth-order valence-electron chi connectivity index (χ4n) is 6.79. The SMILES string of the molecule is CC(CCCCNc1nc(-c2cccc(-c3csc(NCCCCC(C)(c4ccc[nH]4)c4ccc[nH]4)n3)n2)cs1)(c1ccc[nH]1)c1ccc[nH]1. The van der Waals surface area contributed by atoms with Gasteiger partial charge in [0.2, 0.25) is 0 Å². The standard InChI is InChI=1S/C39H45N9S2/c1-38(32-14-8-22-40-32,33-15-9-23-41-33)18-3-5-20-44-36-47-30(26-49-36)28-12-7-13-29(46-28)31-27-50-37(48-31)45-21-6-4-19-39(2,34-16-10-24-42-34)35-17-11-25-43-35/h7-17,22-27,40-43H,3-6,18-21H2,1-2H3,(H,44,47)(H,45,48). The van der Waals surface area contributed by atoms with Crippen LogP contribution in [-0.2, 0) is 10.8 Å². The Bertz CT molecular complexity index is 1790. The van der Waals surface area contributed by atoms with E-state index in [9.17, 15) is 0 Å². The maximum atomic E-state index is 4.93. The molecule has 7 heterocycles. The molecule has 0 saturated heterocycles. The molecule has 0 aliphatic carbocycles. The normalized spacial score (nSPS) is 12.0. The second kappa shape index (κ2) is 15.3. The van der Waals surface area contributed by atoms with E-state index in [-0.39, 0.29) is 10.8 Å². The number of hydrogen-bond donors (Lipinski definition) is 6. The van der Waals surface area contributed by atoms with Crippen LogP contribution in [0.2, 0.25) is 0 Å². The van der Waals surface area contributed by atoms with Crippen LogP contribution in [-0.4, -0.2) is 48.0 Å². The molecular weight excluding hydrogens is 659 g/mol. The van der Waals surface area contributed by atoms with E-state index in [4.69, 9.17) is 15.0 Å². The number of nitrogens with zero attached hydrogens (tertiary/aromatic N) is 3. The first kappa shape index (κ1) is 33.6. The van der Waals surface area contributed by atoms with Gasteiger partial charge in [-0.1, -0.05) is 18.9 Å². The molecule has 0 spiro atoms. The molecule has 0 saturated carbocycles. The lowest BCUT2D eigenvalue weighted by molar-refractivity contribution is 0.470. The van der Waals surface area contributed by atoms with E-state index in [1.165, 1.54) is 22.8 Å². The van der Waals surface area contributed by atoms with E-state index in [0.717, 1.165) is 84.7 Å². The van der Waals surface area contributed by atoms with Gasteiger partial charge in [-0.15, -0.1) is 22.7 Å². The van der Waals surface area contributed by atoms with Crippen LogP contribution in [0.3, 0.4) is 0 Å². The van der Waals surface area contributed by atoms with E-state index in [0.29, 0.717) is 0 Å². The van der Waals surface area contributed by atoms with Crippen LogP contribution < -0.4 is 10.6 Å². The molecule has 50 heavy (non-hydrogen) atoms. The molecule has 258 valence electrons. The van der Waals surface area contributed by atoms with Crippen molar-refractivity contribution in [3.05, 3.63) is 125 Å². The summed E-state index contributed by atoms with van der Waals surface area (Å²) in [5.41, 5.74) is 8.29. The lowest BCUT2D eigenvalue weighted by Gasteiger charge is -2.28. The highest BCUT2D eigenvalue weighted by Crippen LogP contribution is 2.36. The van der Waals surface area contributed by atoms with Crippen LogP contribution >= 0.6 is 22.7 Å². The van der Waals surface area contributed by atoms with Gasteiger partial charge in [0, 0.05) is 82.2 Å². The van der Waals surface area contributed by atoms with Crippen LogP contribution in [0.25, 0.3) is 22.8 Å². The molecule has 0 fully saturated rings. The van der Waals surface area contributed by atoms with Gasteiger partial charge in [-0.2, -0.15) is 0 Å². The third-order valence-electron chi connectivity index (χ3n) is 9.81. The highest BCUT2D eigenvalue weighted by atomic mass is 32.1. The first-order valence-corrected chi connectivity index (χ1v) is 19.2. The summed E-state index contributed by atoms with van der Waals surface area (Å²) in [4.78, 5) is 28.4. The van der Waals surface area contributed by atoms with Crippen LogP contribution in [0, 0.1) is 0 Å². The molecule has 0 aliphatic rings. The number of anilines is 2. The van der Waals surface area contributed by atoms with E-state index in [2.05, 4.69) is 104 Å². The predicted octanol–water partition coefficient (Wildman–Crippen LogP) is 9.82. The predicted molar refractivity (Wildman–Crippen MR) is 207 cm³/mol. The molecule has 7 aromatic heterocycles. The molecule has 9 nitrogen and oxygen atoms in total. The van der Waals surface area contributed by atoms with Crippen molar-refractivity contribution in [2.24, 2.45) is 0 Å². The van der Waals surface area contributed by atoms with Crippen molar-refractivity contribution in [1.82, 2.24) is 34.9 Å². The average Bonchev–Trinajstić information content (AvgIpc) is 3.98. The number of unbranched alkanes of at least 4 members (excludes halogenated alkanes) is 2. The van der Waals surface area contributed by atoms with Gasteiger partial charge in [0.05, 0.1) is 11.4 Å². The Kier molecular flexibility index (Phi) is 10.3. The fourth-order valence-corrected chi connectivity index (χ4v) is 8.25. The third kappa shape index (κ3) is 7.49. The minimum Gasteiger partial charge on any atom is -0.364 e. The summed E-state index contributed by atoms with van der Waals surface area (Å²) in [7, 11) is 0. The molecule has 0 aromatic carbocycles. The van der Waals surface area contributed by atoms with E-state index >= 15 is 0 Å². The topological polar surface area (TPSA) is 126 Å². The molecule has 6 N–H and O–H groups in total. The maximum Gasteiger partial charge on any atom is 0.183 e. The van der Waals surface area contributed by atoms with Gasteiger partial charge in [-0.25, -0.2) is 15.0 Å². The van der Waals surface area contributed by atoms with Crippen molar-refractivity contribution in [3.8, 4) is 22.8 Å². The van der Waals surface area contributed by atoms with Gasteiger partial charge in [0.25, 0.3) is 0 Å². The fraction of sp³-hybridized carbons (Fsp3) is 0.308. The Labute approximate surface area is 301 Å². The number of aromatic amines is 4. The second-order valence-electron chi connectivity index (χ2n) is 13.3.